The fraction of sp³-hybridized carbons (Fsp3) is 0.333. The van der Waals surface area contributed by atoms with Crippen LogP contribution in [0.4, 0.5) is 22.0 Å². The third-order valence-electron chi connectivity index (χ3n) is 8.31. The molecule has 0 bridgehead atoms. The number of amides is 4. The number of nitrogens with zero attached hydrogens (tertiary/aromatic N) is 3. The zero-order chi connectivity index (χ0) is 32.8. The van der Waals surface area contributed by atoms with Gasteiger partial charge in [0.1, 0.15) is 5.82 Å². The number of aryl methyl sites for hydroxylation is 1. The van der Waals surface area contributed by atoms with Gasteiger partial charge in [0.2, 0.25) is 5.91 Å². The third-order valence-corrected chi connectivity index (χ3v) is 8.31. The fourth-order valence-electron chi connectivity index (χ4n) is 5.51. The van der Waals surface area contributed by atoms with E-state index in [4.69, 9.17) is 10.8 Å². The molecule has 0 atom stereocenters. The molecule has 2 heterocycles. The number of likely N-dealkylation sites (tertiary alicyclic amines) is 1. The van der Waals surface area contributed by atoms with Crippen LogP contribution < -0.4 is 21.7 Å². The van der Waals surface area contributed by atoms with Gasteiger partial charge in [-0.2, -0.15) is 5.10 Å². The first-order valence-electron chi connectivity index (χ1n) is 15.7. The average molecular weight is 622 g/mol. The van der Waals surface area contributed by atoms with E-state index in [1.807, 2.05) is 61.5 Å². The molecular weight excluding hydrogens is 578 g/mol. The summed E-state index contributed by atoms with van der Waals surface area (Å²) in [6.07, 6.45) is 2.45. The number of nitrogen functional groups attached to an aromatic ring is 1. The predicted molar refractivity (Wildman–Crippen MR) is 182 cm³/mol. The van der Waals surface area contributed by atoms with Gasteiger partial charge in [-0.15, -0.1) is 0 Å². The Bertz CT molecular complexity index is 1680. The van der Waals surface area contributed by atoms with Gasteiger partial charge in [0.25, 0.3) is 5.91 Å². The van der Waals surface area contributed by atoms with Crippen LogP contribution in [0.25, 0.3) is 5.69 Å². The maximum Gasteiger partial charge on any atom is 0.324 e. The Morgan fingerprint density at radius 2 is 1.59 bits per heavy atom. The Kier molecular flexibility index (Phi) is 9.75. The first kappa shape index (κ1) is 32.3. The van der Waals surface area contributed by atoms with Crippen molar-refractivity contribution in [2.75, 3.05) is 36.0 Å². The van der Waals surface area contributed by atoms with E-state index < -0.39 is 0 Å². The molecule has 5 N–H and O–H groups in total. The average Bonchev–Trinajstić information content (AvgIpc) is 3.46. The number of para-hydroxylation sites is 1. The van der Waals surface area contributed by atoms with Crippen molar-refractivity contribution < 1.29 is 14.4 Å². The molecule has 0 radical (unpaired) electrons. The van der Waals surface area contributed by atoms with E-state index in [0.717, 1.165) is 47.5 Å². The number of anilines is 3. The van der Waals surface area contributed by atoms with Crippen LogP contribution in [-0.2, 0) is 16.6 Å². The van der Waals surface area contributed by atoms with E-state index in [-0.39, 0.29) is 29.8 Å². The summed E-state index contributed by atoms with van der Waals surface area (Å²) >= 11 is 0. The number of piperidine rings is 1. The van der Waals surface area contributed by atoms with Gasteiger partial charge in [0.15, 0.2) is 0 Å². The molecule has 1 saturated heterocycles. The smallest absolute Gasteiger partial charge is 0.324 e. The molecule has 10 nitrogen and oxygen atoms in total. The van der Waals surface area contributed by atoms with E-state index in [2.05, 4.69) is 36.7 Å². The Labute approximate surface area is 270 Å². The van der Waals surface area contributed by atoms with Gasteiger partial charge >= 0.3 is 6.03 Å². The van der Waals surface area contributed by atoms with Gasteiger partial charge in [0.05, 0.1) is 17.9 Å². The highest BCUT2D eigenvalue weighted by atomic mass is 16.2. The minimum Gasteiger partial charge on any atom is -0.399 e. The lowest BCUT2D eigenvalue weighted by Crippen LogP contribution is -2.44. The number of carbonyl (C=O) groups excluding carboxylic acids is 3. The van der Waals surface area contributed by atoms with Gasteiger partial charge in [-0.05, 0) is 80.1 Å². The highest BCUT2D eigenvalue weighted by molar-refractivity contribution is 6.00. The summed E-state index contributed by atoms with van der Waals surface area (Å²) in [5, 5.41) is 13.6. The Hall–Kier alpha value is -5.12. The third kappa shape index (κ3) is 8.12. The fourth-order valence-corrected chi connectivity index (χ4v) is 5.51. The largest absolute Gasteiger partial charge is 0.399 e. The Balaban J connectivity index is 1.17. The summed E-state index contributed by atoms with van der Waals surface area (Å²) in [5.41, 5.74) is 11.2. The molecule has 1 aromatic heterocycles. The lowest BCUT2D eigenvalue weighted by atomic mass is 9.89. The summed E-state index contributed by atoms with van der Waals surface area (Å²) in [7, 11) is 0. The van der Waals surface area contributed by atoms with Crippen LogP contribution in [0, 0.1) is 12.8 Å². The van der Waals surface area contributed by atoms with Crippen LogP contribution in [0.2, 0.25) is 0 Å². The van der Waals surface area contributed by atoms with Gasteiger partial charge in [0, 0.05) is 41.5 Å². The van der Waals surface area contributed by atoms with Crippen LogP contribution >= 0.6 is 0 Å². The number of hydrogen-bond donors (Lipinski definition) is 4. The number of hydrogen-bond acceptors (Lipinski definition) is 5. The predicted octanol–water partition coefficient (Wildman–Crippen LogP) is 5.92. The molecule has 3 aromatic carbocycles. The van der Waals surface area contributed by atoms with Crippen LogP contribution in [0.3, 0.4) is 0 Å². The molecule has 5 rings (SSSR count). The molecule has 1 fully saturated rings. The molecule has 46 heavy (non-hydrogen) atoms. The molecule has 0 spiro atoms. The van der Waals surface area contributed by atoms with Crippen LogP contribution in [0.5, 0.6) is 0 Å². The molecule has 0 saturated carbocycles. The van der Waals surface area contributed by atoms with E-state index >= 15 is 0 Å². The van der Waals surface area contributed by atoms with Crippen molar-refractivity contribution >= 4 is 35.0 Å². The van der Waals surface area contributed by atoms with E-state index in [0.29, 0.717) is 36.1 Å². The lowest BCUT2D eigenvalue weighted by Gasteiger charge is -2.32. The standard InChI is InChI=1S/C36H43N7O3/c1-24-9-15-29(16-10-24)43-32(22-31(41-43)36(2,3)4)40-35(46)39-30-8-6-5-7-27(30)21-25-17-19-42(20-18-25)33(44)23-38-34(45)26-11-13-28(37)14-12-26/h5-16,22,25H,17-21,23,37H2,1-4H3,(H,38,45)(H2,39,40,46). The minimum absolute atomic E-state index is 0.0458. The summed E-state index contributed by atoms with van der Waals surface area (Å²) in [6.45, 7) is 9.51. The molecule has 4 aromatic rings. The van der Waals surface area contributed by atoms with Crippen LogP contribution in [0.1, 0.15) is 60.8 Å². The van der Waals surface area contributed by atoms with E-state index in [9.17, 15) is 14.4 Å². The maximum atomic E-state index is 13.3. The number of urea groups is 1. The van der Waals surface area contributed by atoms with Gasteiger partial charge in [-0.1, -0.05) is 56.7 Å². The van der Waals surface area contributed by atoms with Crippen LogP contribution in [0.15, 0.2) is 78.9 Å². The molecule has 240 valence electrons. The second kappa shape index (κ2) is 13.9. The molecule has 0 aliphatic carbocycles. The number of aromatic nitrogens is 2. The maximum absolute atomic E-state index is 13.3. The van der Waals surface area contributed by atoms with Crippen molar-refractivity contribution in [3.63, 3.8) is 0 Å². The minimum atomic E-state index is -0.345. The second-order valence-corrected chi connectivity index (χ2v) is 13.0. The number of carbonyl (C=O) groups is 3. The number of rotatable bonds is 8. The lowest BCUT2D eigenvalue weighted by molar-refractivity contribution is -0.131. The first-order valence-corrected chi connectivity index (χ1v) is 15.7. The molecule has 1 aliphatic heterocycles. The molecule has 1 aliphatic rings. The van der Waals surface area contributed by atoms with Crippen molar-refractivity contribution in [3.05, 3.63) is 101 Å². The zero-order valence-electron chi connectivity index (χ0n) is 27.0. The highest BCUT2D eigenvalue weighted by Crippen LogP contribution is 2.28. The first-order chi connectivity index (χ1) is 22.0. The van der Waals surface area contributed by atoms with Gasteiger partial charge in [-0.3, -0.25) is 14.9 Å². The number of nitrogens with one attached hydrogen (secondary N) is 3. The summed E-state index contributed by atoms with van der Waals surface area (Å²) in [6, 6.07) is 24.0. The van der Waals surface area contributed by atoms with Crippen molar-refractivity contribution in [1.29, 1.82) is 0 Å². The summed E-state index contributed by atoms with van der Waals surface area (Å²) in [4.78, 5) is 40.3. The van der Waals surface area contributed by atoms with E-state index in [1.165, 1.54) is 0 Å². The van der Waals surface area contributed by atoms with E-state index in [1.54, 1.807) is 33.8 Å². The Morgan fingerprint density at radius 3 is 2.26 bits per heavy atom. The second-order valence-electron chi connectivity index (χ2n) is 13.0. The molecule has 0 unspecified atom stereocenters. The van der Waals surface area contributed by atoms with Gasteiger partial charge < -0.3 is 21.3 Å². The van der Waals surface area contributed by atoms with Crippen molar-refractivity contribution in [2.45, 2.75) is 52.4 Å². The summed E-state index contributed by atoms with van der Waals surface area (Å²) < 4.78 is 1.77. The Morgan fingerprint density at radius 1 is 0.913 bits per heavy atom. The summed E-state index contributed by atoms with van der Waals surface area (Å²) in [5.74, 6) is 0.549. The van der Waals surface area contributed by atoms with Crippen molar-refractivity contribution in [2.24, 2.45) is 5.92 Å². The van der Waals surface area contributed by atoms with Crippen molar-refractivity contribution in [1.82, 2.24) is 20.0 Å². The molecule has 4 amide bonds. The zero-order valence-corrected chi connectivity index (χ0v) is 27.0. The topological polar surface area (TPSA) is 134 Å². The van der Waals surface area contributed by atoms with Gasteiger partial charge in [-0.25, -0.2) is 9.48 Å². The molecule has 10 heteroatoms. The molecular formula is C36H43N7O3. The monoisotopic (exact) mass is 621 g/mol. The van der Waals surface area contributed by atoms with Crippen molar-refractivity contribution in [3.8, 4) is 5.69 Å². The number of benzene rings is 3. The number of nitrogens with two attached hydrogens (primary N) is 1. The normalized spacial score (nSPS) is 13.7. The SMILES string of the molecule is Cc1ccc(-n2nc(C(C)(C)C)cc2NC(=O)Nc2ccccc2CC2CCN(C(=O)CNC(=O)c3ccc(N)cc3)CC2)cc1. The highest BCUT2D eigenvalue weighted by Gasteiger charge is 2.25. The van der Waals surface area contributed by atoms with Crippen LogP contribution in [-0.4, -0.2) is 52.2 Å². The quantitative estimate of drug-likeness (QED) is 0.181.